The molecule has 0 saturated carbocycles. The second-order valence-corrected chi connectivity index (χ2v) is 5.09. The van der Waals surface area contributed by atoms with Crippen molar-refractivity contribution in [2.75, 3.05) is 0 Å². The smallest absolute Gasteiger partial charge is 0.255 e. The molecule has 0 atom stereocenters. The normalized spacial score (nSPS) is 12.3. The van der Waals surface area contributed by atoms with E-state index in [2.05, 4.69) is 27.7 Å². The highest BCUT2D eigenvalue weighted by Crippen LogP contribution is 2.10. The molecule has 0 fully saturated rings. The van der Waals surface area contributed by atoms with E-state index >= 15 is 0 Å². The number of fused-ring (bicyclic) bond motifs is 3. The molecule has 108 valence electrons. The molecule has 0 aliphatic carbocycles. The molecule has 0 amide bonds. The Balaban J connectivity index is 2.00. The maximum atomic E-state index is 4.79. The van der Waals surface area contributed by atoms with Crippen molar-refractivity contribution in [3.8, 4) is 0 Å². The van der Waals surface area contributed by atoms with Crippen LogP contribution in [0.5, 0.6) is 0 Å². The SMILES string of the molecule is Cn1c(=NCc2ccccc2)c2ccccc2n2nnnc12. The van der Waals surface area contributed by atoms with E-state index in [1.165, 1.54) is 5.56 Å². The topological polar surface area (TPSA) is 60.4 Å². The molecule has 0 bridgehead atoms. The molecule has 0 saturated heterocycles. The van der Waals surface area contributed by atoms with E-state index in [1.807, 2.05) is 54.1 Å². The van der Waals surface area contributed by atoms with Crippen molar-refractivity contribution in [1.29, 1.82) is 0 Å². The Kier molecular flexibility index (Phi) is 2.93. The van der Waals surface area contributed by atoms with Crippen molar-refractivity contribution < 1.29 is 0 Å². The molecule has 2 aromatic carbocycles. The summed E-state index contributed by atoms with van der Waals surface area (Å²) >= 11 is 0. The molecule has 6 heteroatoms. The minimum Gasteiger partial charge on any atom is -0.296 e. The van der Waals surface area contributed by atoms with Crippen molar-refractivity contribution in [2.24, 2.45) is 12.0 Å². The number of rotatable bonds is 2. The quantitative estimate of drug-likeness (QED) is 0.565. The fourth-order valence-corrected chi connectivity index (χ4v) is 2.61. The summed E-state index contributed by atoms with van der Waals surface area (Å²) in [5.41, 5.74) is 3.00. The van der Waals surface area contributed by atoms with Gasteiger partial charge in [-0.3, -0.25) is 9.56 Å². The molecule has 0 spiro atoms. The minimum absolute atomic E-state index is 0.621. The highest BCUT2D eigenvalue weighted by molar-refractivity contribution is 5.79. The maximum absolute atomic E-state index is 4.79. The molecular weight excluding hydrogens is 276 g/mol. The molecule has 4 aromatic rings. The summed E-state index contributed by atoms with van der Waals surface area (Å²) in [6.45, 7) is 0.621. The molecule has 0 aliphatic heterocycles. The molecule has 0 unspecified atom stereocenters. The molecular formula is C16H14N6. The summed E-state index contributed by atoms with van der Waals surface area (Å²) in [6, 6.07) is 18.2. The Morgan fingerprint density at radius 3 is 2.64 bits per heavy atom. The lowest BCUT2D eigenvalue weighted by Crippen LogP contribution is -2.22. The van der Waals surface area contributed by atoms with Crippen molar-refractivity contribution in [1.82, 2.24) is 24.6 Å². The zero-order valence-electron chi connectivity index (χ0n) is 12.1. The minimum atomic E-state index is 0.621. The Hall–Kier alpha value is -3.02. The average Bonchev–Trinajstić information content (AvgIpc) is 3.06. The number of aryl methyl sites for hydroxylation is 1. The summed E-state index contributed by atoms with van der Waals surface area (Å²) in [5.74, 6) is 0.672. The summed E-state index contributed by atoms with van der Waals surface area (Å²) in [6.07, 6.45) is 0. The third-order valence-corrected chi connectivity index (χ3v) is 3.70. The largest absolute Gasteiger partial charge is 0.296 e. The predicted octanol–water partition coefficient (Wildman–Crippen LogP) is 1.72. The number of hydrogen-bond acceptors (Lipinski definition) is 4. The van der Waals surface area contributed by atoms with E-state index in [9.17, 15) is 0 Å². The van der Waals surface area contributed by atoms with E-state index < -0.39 is 0 Å². The van der Waals surface area contributed by atoms with Gasteiger partial charge in [-0.05, 0) is 28.1 Å². The van der Waals surface area contributed by atoms with Crippen LogP contribution in [-0.4, -0.2) is 24.6 Å². The lowest BCUT2D eigenvalue weighted by atomic mass is 10.2. The molecule has 0 radical (unpaired) electrons. The fraction of sp³-hybridized carbons (Fsp3) is 0.125. The van der Waals surface area contributed by atoms with Crippen LogP contribution in [0.2, 0.25) is 0 Å². The lowest BCUT2D eigenvalue weighted by Gasteiger charge is -2.07. The van der Waals surface area contributed by atoms with Crippen LogP contribution in [0.3, 0.4) is 0 Å². The first kappa shape index (κ1) is 12.7. The van der Waals surface area contributed by atoms with Gasteiger partial charge in [0, 0.05) is 12.4 Å². The molecule has 6 nitrogen and oxygen atoms in total. The van der Waals surface area contributed by atoms with Gasteiger partial charge in [0.1, 0.15) is 5.49 Å². The lowest BCUT2D eigenvalue weighted by molar-refractivity contribution is 0.793. The second kappa shape index (κ2) is 5.07. The van der Waals surface area contributed by atoms with Gasteiger partial charge in [0.15, 0.2) is 0 Å². The monoisotopic (exact) mass is 290 g/mol. The summed E-state index contributed by atoms with van der Waals surface area (Å²) in [5, 5.41) is 12.9. The van der Waals surface area contributed by atoms with E-state index in [4.69, 9.17) is 4.99 Å². The third kappa shape index (κ3) is 1.96. The van der Waals surface area contributed by atoms with Crippen LogP contribution >= 0.6 is 0 Å². The average molecular weight is 290 g/mol. The van der Waals surface area contributed by atoms with Crippen molar-refractivity contribution in [3.63, 3.8) is 0 Å². The second-order valence-electron chi connectivity index (χ2n) is 5.09. The van der Waals surface area contributed by atoms with Crippen molar-refractivity contribution in [3.05, 3.63) is 65.6 Å². The van der Waals surface area contributed by atoms with Gasteiger partial charge >= 0.3 is 0 Å². The Morgan fingerprint density at radius 1 is 1.00 bits per heavy atom. The van der Waals surface area contributed by atoms with E-state index in [0.29, 0.717) is 12.3 Å². The number of tetrazole rings is 1. The molecule has 2 heterocycles. The number of para-hydroxylation sites is 1. The number of nitrogens with zero attached hydrogens (tertiary/aromatic N) is 6. The first-order chi connectivity index (χ1) is 10.8. The summed E-state index contributed by atoms with van der Waals surface area (Å²) in [4.78, 5) is 4.79. The van der Waals surface area contributed by atoms with Crippen molar-refractivity contribution in [2.45, 2.75) is 6.54 Å². The van der Waals surface area contributed by atoms with E-state index in [0.717, 1.165) is 16.4 Å². The van der Waals surface area contributed by atoms with Crippen LogP contribution in [-0.2, 0) is 13.6 Å². The fourth-order valence-electron chi connectivity index (χ4n) is 2.61. The third-order valence-electron chi connectivity index (χ3n) is 3.70. The van der Waals surface area contributed by atoms with Crippen LogP contribution in [0.15, 0.2) is 59.6 Å². The number of aromatic nitrogens is 5. The molecule has 0 N–H and O–H groups in total. The Morgan fingerprint density at radius 2 is 1.77 bits per heavy atom. The zero-order valence-corrected chi connectivity index (χ0v) is 12.1. The van der Waals surface area contributed by atoms with Gasteiger partial charge in [0.2, 0.25) is 0 Å². The van der Waals surface area contributed by atoms with Gasteiger partial charge in [0.05, 0.1) is 12.1 Å². The van der Waals surface area contributed by atoms with Crippen LogP contribution < -0.4 is 5.49 Å². The molecule has 4 rings (SSSR count). The van der Waals surface area contributed by atoms with Crippen LogP contribution in [0, 0.1) is 0 Å². The number of hydrogen-bond donors (Lipinski definition) is 0. The van der Waals surface area contributed by atoms with Crippen LogP contribution in [0.4, 0.5) is 0 Å². The molecule has 22 heavy (non-hydrogen) atoms. The first-order valence-corrected chi connectivity index (χ1v) is 7.05. The Labute approximate surface area is 126 Å². The van der Waals surface area contributed by atoms with Crippen molar-refractivity contribution >= 4 is 16.7 Å². The predicted molar refractivity (Wildman–Crippen MR) is 83.0 cm³/mol. The highest BCUT2D eigenvalue weighted by Gasteiger charge is 2.08. The van der Waals surface area contributed by atoms with Gasteiger partial charge < -0.3 is 0 Å². The van der Waals surface area contributed by atoms with E-state index in [1.54, 1.807) is 4.52 Å². The van der Waals surface area contributed by atoms with Gasteiger partial charge in [-0.2, -0.15) is 4.52 Å². The molecule has 2 aromatic heterocycles. The first-order valence-electron chi connectivity index (χ1n) is 7.05. The maximum Gasteiger partial charge on any atom is 0.255 e. The summed E-state index contributed by atoms with van der Waals surface area (Å²) in [7, 11) is 1.93. The van der Waals surface area contributed by atoms with Crippen LogP contribution in [0.1, 0.15) is 5.56 Å². The van der Waals surface area contributed by atoms with Gasteiger partial charge in [-0.25, -0.2) is 0 Å². The Bertz CT molecular complexity index is 1010. The zero-order chi connectivity index (χ0) is 14.9. The van der Waals surface area contributed by atoms with Crippen LogP contribution in [0.25, 0.3) is 16.7 Å². The standard InChI is InChI=1S/C16H14N6/c1-21-15(17-11-12-7-3-2-4-8-12)13-9-5-6-10-14(13)22-16(21)18-19-20-22/h2-10H,11H2,1H3. The van der Waals surface area contributed by atoms with Gasteiger partial charge in [0.25, 0.3) is 5.78 Å². The van der Waals surface area contributed by atoms with Gasteiger partial charge in [-0.15, -0.1) is 0 Å². The number of benzene rings is 2. The molecule has 0 aliphatic rings. The van der Waals surface area contributed by atoms with Gasteiger partial charge in [-0.1, -0.05) is 47.6 Å². The van der Waals surface area contributed by atoms with E-state index in [-0.39, 0.29) is 0 Å². The highest BCUT2D eigenvalue weighted by atomic mass is 15.5. The summed E-state index contributed by atoms with van der Waals surface area (Å²) < 4.78 is 3.65.